The van der Waals surface area contributed by atoms with Crippen LogP contribution in [0.1, 0.15) is 49.8 Å². The van der Waals surface area contributed by atoms with Crippen molar-refractivity contribution >= 4 is 22.1 Å². The highest BCUT2D eigenvalue weighted by atomic mass is 16.5. The second-order valence-electron chi connectivity index (χ2n) is 11.8. The van der Waals surface area contributed by atoms with Gasteiger partial charge in [0.1, 0.15) is 23.1 Å². The molecule has 4 rings (SSSR count). The summed E-state index contributed by atoms with van der Waals surface area (Å²) in [5, 5.41) is 8.88. The average Bonchev–Trinajstić information content (AvgIpc) is 2.89. The van der Waals surface area contributed by atoms with Crippen LogP contribution >= 0.6 is 0 Å². The summed E-state index contributed by atoms with van der Waals surface area (Å²) in [6.07, 6.45) is 1.79. The molecule has 0 fully saturated rings. The molecule has 1 heterocycles. The average molecular weight is 554 g/mol. The van der Waals surface area contributed by atoms with E-state index in [1.54, 1.807) is 7.11 Å². The lowest BCUT2D eigenvalue weighted by atomic mass is 9.85. The number of aryl methyl sites for hydroxylation is 3. The predicted molar refractivity (Wildman–Crippen MR) is 170 cm³/mol. The largest absolute Gasteiger partial charge is 0.494 e. The smallest absolute Gasteiger partial charge is 0.222 e. The molecular formula is C34H43N5O2. The van der Waals surface area contributed by atoms with Gasteiger partial charge in [0.2, 0.25) is 5.88 Å². The molecule has 0 radical (unpaired) electrons. The quantitative estimate of drug-likeness (QED) is 0.196. The fraction of sp³-hybridized carbons (Fsp3) is 0.353. The Kier molecular flexibility index (Phi) is 9.18. The van der Waals surface area contributed by atoms with Crippen LogP contribution in [0.2, 0.25) is 0 Å². The van der Waals surface area contributed by atoms with E-state index in [1.807, 2.05) is 37.3 Å². The van der Waals surface area contributed by atoms with Crippen LogP contribution < -0.4 is 20.1 Å². The molecule has 3 aromatic carbocycles. The Morgan fingerprint density at radius 3 is 2.32 bits per heavy atom. The van der Waals surface area contributed by atoms with Gasteiger partial charge in [0.05, 0.1) is 12.8 Å². The molecule has 2 N–H and O–H groups in total. The Labute approximate surface area is 244 Å². The summed E-state index contributed by atoms with van der Waals surface area (Å²) in [5.74, 6) is 3.53. The lowest BCUT2D eigenvalue weighted by Crippen LogP contribution is -2.14. The third-order valence-electron chi connectivity index (χ3n) is 6.90. The van der Waals surface area contributed by atoms with Crippen LogP contribution in [0.15, 0.2) is 67.0 Å². The second kappa shape index (κ2) is 12.6. The van der Waals surface area contributed by atoms with Crippen LogP contribution in [-0.4, -0.2) is 42.6 Å². The number of anilines is 2. The van der Waals surface area contributed by atoms with Crippen molar-refractivity contribution in [3.05, 3.63) is 89.6 Å². The molecule has 4 aromatic rings. The number of benzene rings is 3. The first-order valence-corrected chi connectivity index (χ1v) is 14.1. The molecule has 0 amide bonds. The zero-order chi connectivity index (χ0) is 29.7. The van der Waals surface area contributed by atoms with E-state index >= 15 is 0 Å². The van der Waals surface area contributed by atoms with Crippen LogP contribution in [0, 0.1) is 13.8 Å². The third kappa shape index (κ3) is 7.55. The monoisotopic (exact) mass is 553 g/mol. The number of hydrogen-bond donors (Lipinski definition) is 2. The summed E-state index contributed by atoms with van der Waals surface area (Å²) < 4.78 is 12.1. The third-order valence-corrected chi connectivity index (χ3v) is 6.90. The van der Waals surface area contributed by atoms with Crippen molar-refractivity contribution in [1.29, 1.82) is 0 Å². The molecule has 0 aliphatic rings. The number of ether oxygens (including phenoxy) is 2. The van der Waals surface area contributed by atoms with Gasteiger partial charge in [-0.15, -0.1) is 0 Å². The second-order valence-corrected chi connectivity index (χ2v) is 11.8. The molecule has 0 saturated heterocycles. The van der Waals surface area contributed by atoms with Crippen molar-refractivity contribution in [3.63, 3.8) is 0 Å². The first kappa shape index (κ1) is 29.9. The Balaban J connectivity index is 1.57. The van der Waals surface area contributed by atoms with Gasteiger partial charge in [-0.1, -0.05) is 57.7 Å². The van der Waals surface area contributed by atoms with Gasteiger partial charge in [0.25, 0.3) is 0 Å². The number of rotatable bonds is 11. The molecule has 7 heteroatoms. The lowest BCUT2D eigenvalue weighted by Gasteiger charge is -2.24. The Bertz CT molecular complexity index is 1540. The van der Waals surface area contributed by atoms with E-state index in [9.17, 15) is 0 Å². The van der Waals surface area contributed by atoms with Gasteiger partial charge >= 0.3 is 0 Å². The summed E-state index contributed by atoms with van der Waals surface area (Å²) in [4.78, 5) is 11.5. The zero-order valence-electron chi connectivity index (χ0n) is 25.7. The molecule has 0 aliphatic heterocycles. The maximum atomic E-state index is 6.34. The Morgan fingerprint density at radius 2 is 1.63 bits per heavy atom. The lowest BCUT2D eigenvalue weighted by molar-refractivity contribution is 0.397. The van der Waals surface area contributed by atoms with Crippen molar-refractivity contribution < 1.29 is 9.47 Å². The molecule has 7 nitrogen and oxygen atoms in total. The minimum atomic E-state index is 0.00343. The molecule has 0 spiro atoms. The van der Waals surface area contributed by atoms with Crippen LogP contribution in [0.4, 0.5) is 11.4 Å². The number of nitrogens with one attached hydrogen (secondary N) is 2. The minimum absolute atomic E-state index is 0.00343. The van der Waals surface area contributed by atoms with Gasteiger partial charge in [-0.25, -0.2) is 4.98 Å². The van der Waals surface area contributed by atoms with Crippen molar-refractivity contribution in [1.82, 2.24) is 14.9 Å². The van der Waals surface area contributed by atoms with Gasteiger partial charge in [-0.2, -0.15) is 4.98 Å². The summed E-state index contributed by atoms with van der Waals surface area (Å²) in [7, 11) is 5.84. The van der Waals surface area contributed by atoms with Gasteiger partial charge in [0.15, 0.2) is 0 Å². The van der Waals surface area contributed by atoms with Crippen molar-refractivity contribution in [3.8, 4) is 17.4 Å². The van der Waals surface area contributed by atoms with Gasteiger partial charge < -0.3 is 25.0 Å². The van der Waals surface area contributed by atoms with Crippen LogP contribution in [0.5, 0.6) is 17.4 Å². The molecule has 216 valence electrons. The van der Waals surface area contributed by atoms with E-state index in [0.717, 1.165) is 70.1 Å². The fourth-order valence-corrected chi connectivity index (χ4v) is 4.83. The first-order valence-electron chi connectivity index (χ1n) is 14.1. The number of nitrogens with zero attached hydrogens (tertiary/aromatic N) is 3. The molecular weight excluding hydrogens is 510 g/mol. The van der Waals surface area contributed by atoms with E-state index < -0.39 is 0 Å². The normalized spacial score (nSPS) is 11.5. The highest BCUT2D eigenvalue weighted by Gasteiger charge is 2.19. The number of methoxy groups -OCH3 is 1. The van der Waals surface area contributed by atoms with E-state index in [0.29, 0.717) is 11.7 Å². The van der Waals surface area contributed by atoms with Crippen molar-refractivity contribution in [2.75, 3.05) is 38.4 Å². The molecule has 1 aromatic heterocycles. The molecule has 41 heavy (non-hydrogen) atoms. The van der Waals surface area contributed by atoms with Gasteiger partial charge in [-0.05, 0) is 75.6 Å². The molecule has 0 bridgehead atoms. The maximum Gasteiger partial charge on any atom is 0.222 e. The fourth-order valence-electron chi connectivity index (χ4n) is 4.83. The van der Waals surface area contributed by atoms with Crippen LogP contribution in [0.3, 0.4) is 0 Å². The topological polar surface area (TPSA) is 71.5 Å². The van der Waals surface area contributed by atoms with E-state index in [-0.39, 0.29) is 5.41 Å². The van der Waals surface area contributed by atoms with Crippen molar-refractivity contribution in [2.24, 2.45) is 0 Å². The summed E-state index contributed by atoms with van der Waals surface area (Å²) in [6, 6.07) is 18.3. The summed E-state index contributed by atoms with van der Waals surface area (Å²) in [5.41, 5.74) is 4.97. The predicted octanol–water partition coefficient (Wildman–Crippen LogP) is 7.83. The van der Waals surface area contributed by atoms with E-state index in [1.165, 1.54) is 5.56 Å². The maximum absolute atomic E-state index is 6.34. The van der Waals surface area contributed by atoms with Crippen molar-refractivity contribution in [2.45, 2.75) is 52.9 Å². The molecule has 0 aliphatic carbocycles. The number of hydrogen-bond acceptors (Lipinski definition) is 7. The number of aromatic nitrogens is 2. The summed E-state index contributed by atoms with van der Waals surface area (Å²) in [6.45, 7) is 15.9. The molecule has 0 saturated carbocycles. The Morgan fingerprint density at radius 1 is 0.927 bits per heavy atom. The highest BCUT2D eigenvalue weighted by molar-refractivity contribution is 5.98. The highest BCUT2D eigenvalue weighted by Crippen LogP contribution is 2.37. The first-order chi connectivity index (χ1) is 19.4. The zero-order valence-corrected chi connectivity index (χ0v) is 25.7. The van der Waals surface area contributed by atoms with Gasteiger partial charge in [0, 0.05) is 34.6 Å². The minimum Gasteiger partial charge on any atom is -0.494 e. The molecule has 0 unspecified atom stereocenters. The van der Waals surface area contributed by atoms with E-state index in [4.69, 9.17) is 14.5 Å². The van der Waals surface area contributed by atoms with E-state index in [2.05, 4.69) is 93.2 Å². The standard InChI is InChI=1S/C34H43N5O2/c1-22-19-25(34(4,5)6)21-29(33(22)40-9)37-24(3)36-28-16-17-30(27-14-11-10-13-26(27)28)41-32-20-23(2)35-31(38-32)15-12-18-39(7)8/h10-11,13-14,16-17,19-21,36-37H,3,12,15,18H2,1-2,4-9H3. The van der Waals surface area contributed by atoms with Crippen LogP contribution in [0.25, 0.3) is 10.8 Å². The Hall–Kier alpha value is -4.10. The summed E-state index contributed by atoms with van der Waals surface area (Å²) >= 11 is 0. The SMILES string of the molecule is C=C(Nc1cc(C(C)(C)C)cc(C)c1OC)Nc1ccc(Oc2cc(C)nc(CCCN(C)C)n2)c2ccccc12. The number of fused-ring (bicyclic) bond motifs is 1. The molecule has 0 atom stereocenters. The van der Waals surface area contributed by atoms with Crippen LogP contribution in [-0.2, 0) is 11.8 Å². The van der Waals surface area contributed by atoms with Gasteiger partial charge in [-0.3, -0.25) is 0 Å².